The number of hydrogen-bond acceptors (Lipinski definition) is 6. The maximum atomic E-state index is 9.06. The lowest BCUT2D eigenvalue weighted by Crippen LogP contribution is -2.29. The van der Waals surface area contributed by atoms with E-state index < -0.39 is 0 Å². The molecule has 3 N–H and O–H groups in total. The smallest absolute Gasteiger partial charge is 0.129 e. The first-order chi connectivity index (χ1) is 10.7. The minimum atomic E-state index is 0.0422. The van der Waals surface area contributed by atoms with Gasteiger partial charge in [0.1, 0.15) is 5.69 Å². The van der Waals surface area contributed by atoms with Crippen LogP contribution < -0.4 is 4.90 Å². The van der Waals surface area contributed by atoms with Gasteiger partial charge in [-0.25, -0.2) is 0 Å². The van der Waals surface area contributed by atoms with Crippen molar-refractivity contribution in [2.45, 2.75) is 13.8 Å². The highest BCUT2D eigenvalue weighted by molar-refractivity contribution is 5.53. The number of aliphatic hydroxyl groups excluding tert-OH is 2. The number of anilines is 1. The van der Waals surface area contributed by atoms with Crippen molar-refractivity contribution in [3.05, 3.63) is 35.7 Å². The molecular formula is C15H21N5O2. The standard InChI is InChI=1S/C15H21N5O2/c1-11-15(12(2)17-16-11)19-18-13-3-5-14(6-4-13)20(7-9-21)8-10-22/h3-6,21-22H,7-10H2,1-2H3,(H,16,17). The summed E-state index contributed by atoms with van der Waals surface area (Å²) in [4.78, 5) is 1.91. The van der Waals surface area contributed by atoms with Gasteiger partial charge in [0.2, 0.25) is 0 Å². The Labute approximate surface area is 129 Å². The number of nitrogens with zero attached hydrogens (tertiary/aromatic N) is 4. The molecule has 0 aliphatic heterocycles. The molecule has 0 spiro atoms. The van der Waals surface area contributed by atoms with E-state index >= 15 is 0 Å². The fraction of sp³-hybridized carbons (Fsp3) is 0.400. The third kappa shape index (κ3) is 3.90. The fourth-order valence-corrected chi connectivity index (χ4v) is 2.14. The molecule has 2 rings (SSSR count). The second kappa shape index (κ2) is 7.67. The van der Waals surface area contributed by atoms with Crippen LogP contribution in [0.1, 0.15) is 11.4 Å². The van der Waals surface area contributed by atoms with Crippen LogP contribution in [0.3, 0.4) is 0 Å². The molecule has 1 heterocycles. The zero-order chi connectivity index (χ0) is 15.9. The number of aliphatic hydroxyl groups is 2. The van der Waals surface area contributed by atoms with Crippen LogP contribution in [0.4, 0.5) is 17.1 Å². The zero-order valence-electron chi connectivity index (χ0n) is 12.8. The van der Waals surface area contributed by atoms with Crippen molar-refractivity contribution in [2.24, 2.45) is 10.2 Å². The molecule has 0 saturated carbocycles. The summed E-state index contributed by atoms with van der Waals surface area (Å²) in [6.45, 7) is 4.83. The van der Waals surface area contributed by atoms with Crippen molar-refractivity contribution >= 4 is 17.1 Å². The molecule has 0 fully saturated rings. The maximum absolute atomic E-state index is 9.06. The number of nitrogens with one attached hydrogen (secondary N) is 1. The van der Waals surface area contributed by atoms with Crippen LogP contribution in [0, 0.1) is 13.8 Å². The first-order valence-corrected chi connectivity index (χ1v) is 7.15. The predicted molar refractivity (Wildman–Crippen MR) is 85.1 cm³/mol. The highest BCUT2D eigenvalue weighted by atomic mass is 16.3. The molecule has 0 unspecified atom stereocenters. The molecule has 1 aromatic carbocycles. The molecule has 118 valence electrons. The quantitative estimate of drug-likeness (QED) is 0.683. The number of aromatic nitrogens is 2. The van der Waals surface area contributed by atoms with E-state index in [9.17, 15) is 0 Å². The molecule has 7 nitrogen and oxygen atoms in total. The van der Waals surface area contributed by atoms with Gasteiger partial charge in [-0.15, -0.1) is 5.11 Å². The predicted octanol–water partition coefficient (Wildman–Crippen LogP) is 2.23. The van der Waals surface area contributed by atoms with Gasteiger partial charge in [-0.2, -0.15) is 10.2 Å². The zero-order valence-corrected chi connectivity index (χ0v) is 12.8. The van der Waals surface area contributed by atoms with Crippen molar-refractivity contribution in [1.82, 2.24) is 10.2 Å². The molecule has 0 bridgehead atoms. The van der Waals surface area contributed by atoms with Crippen molar-refractivity contribution < 1.29 is 10.2 Å². The van der Waals surface area contributed by atoms with Crippen LogP contribution in [0.25, 0.3) is 0 Å². The molecule has 0 aliphatic carbocycles. The normalized spacial score (nSPS) is 11.3. The second-order valence-electron chi connectivity index (χ2n) is 4.93. The number of aromatic amines is 1. The summed E-state index contributed by atoms with van der Waals surface area (Å²) < 4.78 is 0. The summed E-state index contributed by atoms with van der Waals surface area (Å²) in [6, 6.07) is 7.50. The van der Waals surface area contributed by atoms with Crippen LogP contribution in [0.15, 0.2) is 34.5 Å². The molecule has 0 aliphatic rings. The Morgan fingerprint density at radius 1 is 1.05 bits per heavy atom. The molecular weight excluding hydrogens is 282 g/mol. The van der Waals surface area contributed by atoms with E-state index in [-0.39, 0.29) is 13.2 Å². The summed E-state index contributed by atoms with van der Waals surface area (Å²) in [7, 11) is 0. The van der Waals surface area contributed by atoms with Gasteiger partial charge < -0.3 is 15.1 Å². The third-order valence-corrected chi connectivity index (χ3v) is 3.31. The van der Waals surface area contributed by atoms with Crippen LogP contribution in [0.5, 0.6) is 0 Å². The molecule has 0 saturated heterocycles. The minimum absolute atomic E-state index is 0.0422. The summed E-state index contributed by atoms with van der Waals surface area (Å²) >= 11 is 0. The molecule has 2 aromatic rings. The van der Waals surface area contributed by atoms with Gasteiger partial charge >= 0.3 is 0 Å². The maximum Gasteiger partial charge on any atom is 0.129 e. The first-order valence-electron chi connectivity index (χ1n) is 7.15. The molecule has 7 heteroatoms. The van der Waals surface area contributed by atoms with Gasteiger partial charge in [0, 0.05) is 18.8 Å². The third-order valence-electron chi connectivity index (χ3n) is 3.31. The van der Waals surface area contributed by atoms with E-state index in [1.807, 2.05) is 43.0 Å². The van der Waals surface area contributed by atoms with Gasteiger partial charge in [-0.05, 0) is 38.1 Å². The van der Waals surface area contributed by atoms with Crippen molar-refractivity contribution in [2.75, 3.05) is 31.2 Å². The Morgan fingerprint density at radius 3 is 2.18 bits per heavy atom. The van der Waals surface area contributed by atoms with E-state index in [1.54, 1.807) is 0 Å². The lowest BCUT2D eigenvalue weighted by molar-refractivity contribution is 0.281. The van der Waals surface area contributed by atoms with Crippen LogP contribution in [0.2, 0.25) is 0 Å². The summed E-state index contributed by atoms with van der Waals surface area (Å²) in [5.74, 6) is 0. The Kier molecular flexibility index (Phi) is 5.62. The largest absolute Gasteiger partial charge is 0.395 e. The fourth-order valence-electron chi connectivity index (χ4n) is 2.14. The lowest BCUT2D eigenvalue weighted by atomic mass is 10.2. The Hall–Kier alpha value is -2.25. The van der Waals surface area contributed by atoms with E-state index in [0.717, 1.165) is 28.5 Å². The van der Waals surface area contributed by atoms with Crippen molar-refractivity contribution in [3.8, 4) is 0 Å². The Bertz CT molecular complexity index is 596. The van der Waals surface area contributed by atoms with Crippen LogP contribution in [-0.2, 0) is 0 Å². The number of rotatable bonds is 7. The molecule has 22 heavy (non-hydrogen) atoms. The number of H-pyrrole nitrogens is 1. The molecule has 0 amide bonds. The summed E-state index contributed by atoms with van der Waals surface area (Å²) in [5.41, 5.74) is 4.12. The van der Waals surface area contributed by atoms with E-state index in [4.69, 9.17) is 10.2 Å². The van der Waals surface area contributed by atoms with Crippen LogP contribution in [-0.4, -0.2) is 46.7 Å². The van der Waals surface area contributed by atoms with E-state index in [2.05, 4.69) is 20.4 Å². The highest BCUT2D eigenvalue weighted by Gasteiger charge is 2.06. The van der Waals surface area contributed by atoms with Gasteiger partial charge in [-0.3, -0.25) is 5.10 Å². The molecule has 0 radical (unpaired) electrons. The van der Waals surface area contributed by atoms with Gasteiger partial charge in [0.05, 0.1) is 30.3 Å². The van der Waals surface area contributed by atoms with E-state index in [0.29, 0.717) is 13.1 Å². The topological polar surface area (TPSA) is 97.1 Å². The minimum Gasteiger partial charge on any atom is -0.395 e. The number of hydrogen-bond donors (Lipinski definition) is 3. The average Bonchev–Trinajstić information content (AvgIpc) is 2.84. The van der Waals surface area contributed by atoms with Gasteiger partial charge in [0.15, 0.2) is 0 Å². The summed E-state index contributed by atoms with van der Waals surface area (Å²) in [5, 5.41) is 33.5. The van der Waals surface area contributed by atoms with Crippen molar-refractivity contribution in [3.63, 3.8) is 0 Å². The molecule has 1 aromatic heterocycles. The second-order valence-corrected chi connectivity index (χ2v) is 4.93. The number of aryl methyl sites for hydroxylation is 2. The SMILES string of the molecule is Cc1n[nH]c(C)c1N=Nc1ccc(N(CCO)CCO)cc1. The molecule has 0 atom stereocenters. The number of azo groups is 1. The van der Waals surface area contributed by atoms with E-state index in [1.165, 1.54) is 0 Å². The Morgan fingerprint density at radius 2 is 1.68 bits per heavy atom. The van der Waals surface area contributed by atoms with Gasteiger partial charge in [0.25, 0.3) is 0 Å². The highest BCUT2D eigenvalue weighted by Crippen LogP contribution is 2.25. The monoisotopic (exact) mass is 303 g/mol. The Balaban J connectivity index is 2.11. The summed E-state index contributed by atoms with van der Waals surface area (Å²) in [6.07, 6.45) is 0. The first kappa shape index (κ1) is 16.1. The van der Waals surface area contributed by atoms with Crippen molar-refractivity contribution in [1.29, 1.82) is 0 Å². The van der Waals surface area contributed by atoms with Crippen LogP contribution >= 0.6 is 0 Å². The number of benzene rings is 1. The lowest BCUT2D eigenvalue weighted by Gasteiger charge is -2.22. The van der Waals surface area contributed by atoms with Gasteiger partial charge in [-0.1, -0.05) is 0 Å². The average molecular weight is 303 g/mol.